The summed E-state index contributed by atoms with van der Waals surface area (Å²) in [6, 6.07) is 13.2. The average molecular weight is 451 g/mol. The van der Waals surface area contributed by atoms with Crippen molar-refractivity contribution >= 4 is 17.4 Å². The highest BCUT2D eigenvalue weighted by Crippen LogP contribution is 2.26. The summed E-state index contributed by atoms with van der Waals surface area (Å²) in [6.07, 6.45) is 4.56. The number of hydrogen-bond acceptors (Lipinski definition) is 6. The number of hydrogen-bond donors (Lipinski definition) is 3. The Kier molecular flexibility index (Phi) is 7.36. The van der Waals surface area contributed by atoms with E-state index in [1.165, 1.54) is 11.1 Å². The van der Waals surface area contributed by atoms with Crippen LogP contribution in [0.4, 0.5) is 0 Å². The number of carbonyl (C=O) groups is 2. The van der Waals surface area contributed by atoms with Gasteiger partial charge in [-0.15, -0.1) is 0 Å². The van der Waals surface area contributed by atoms with Crippen molar-refractivity contribution in [2.45, 2.75) is 31.9 Å². The van der Waals surface area contributed by atoms with E-state index in [0.717, 1.165) is 12.0 Å². The van der Waals surface area contributed by atoms with E-state index >= 15 is 0 Å². The number of aryl methyl sites for hydroxylation is 1. The fraction of sp³-hybridized carbons (Fsp3) is 0.400. The van der Waals surface area contributed by atoms with Gasteiger partial charge in [-0.3, -0.25) is 9.59 Å². The van der Waals surface area contributed by atoms with E-state index in [-0.39, 0.29) is 17.9 Å². The lowest BCUT2D eigenvalue weighted by Crippen LogP contribution is -2.60. The third-order valence-corrected chi connectivity index (χ3v) is 6.18. The predicted molar refractivity (Wildman–Crippen MR) is 124 cm³/mol. The van der Waals surface area contributed by atoms with Gasteiger partial charge in [0.25, 0.3) is 0 Å². The minimum atomic E-state index is -0.673. The van der Waals surface area contributed by atoms with Crippen molar-refractivity contribution in [1.29, 1.82) is 0 Å². The monoisotopic (exact) mass is 450 g/mol. The number of pyridine rings is 1. The van der Waals surface area contributed by atoms with Gasteiger partial charge >= 0.3 is 0 Å². The second kappa shape index (κ2) is 10.6. The molecule has 0 radical (unpaired) electrons. The Hall–Kier alpha value is -3.23. The topological polar surface area (TPSA) is 104 Å². The van der Waals surface area contributed by atoms with Crippen molar-refractivity contribution in [2.24, 2.45) is 5.92 Å². The average Bonchev–Trinajstić information content (AvgIpc) is 2.84. The van der Waals surface area contributed by atoms with Crippen LogP contribution in [0.5, 0.6) is 5.88 Å². The van der Waals surface area contributed by atoms with Gasteiger partial charge in [0, 0.05) is 31.9 Å². The Morgan fingerprint density at radius 3 is 2.79 bits per heavy atom. The number of aliphatic hydroxyl groups is 1. The molecule has 1 aromatic heterocycles. The third kappa shape index (κ3) is 5.58. The van der Waals surface area contributed by atoms with Crippen molar-refractivity contribution in [3.05, 3.63) is 65.9 Å². The maximum absolute atomic E-state index is 13.4. The normalized spacial score (nSPS) is 22.9. The fourth-order valence-corrected chi connectivity index (χ4v) is 4.44. The lowest BCUT2D eigenvalue weighted by atomic mass is 9.87. The highest BCUT2D eigenvalue weighted by atomic mass is 16.5. The lowest BCUT2D eigenvalue weighted by Gasteiger charge is -2.38. The van der Waals surface area contributed by atoms with E-state index in [4.69, 9.17) is 4.74 Å². The van der Waals surface area contributed by atoms with Gasteiger partial charge in [0.05, 0.1) is 12.0 Å². The molecular weight excluding hydrogens is 420 g/mol. The van der Waals surface area contributed by atoms with Gasteiger partial charge in [-0.05, 0) is 42.5 Å². The van der Waals surface area contributed by atoms with Gasteiger partial charge < -0.3 is 25.4 Å². The van der Waals surface area contributed by atoms with Crippen LogP contribution in [-0.4, -0.2) is 65.3 Å². The number of amides is 2. The Morgan fingerprint density at radius 2 is 2.09 bits per heavy atom. The SMILES string of the molecule is Cc1ccnc(O[C@@H]2CN[C@H](C(=O)N3CC=C(c4ccccc4)CC3)[C@@H](C(=O)NCO)C2)c1. The number of aromatic nitrogens is 1. The van der Waals surface area contributed by atoms with Crippen LogP contribution in [0, 0.1) is 12.8 Å². The number of carbonyl (C=O) groups excluding carboxylic acids is 2. The minimum absolute atomic E-state index is 0.108. The maximum Gasteiger partial charge on any atom is 0.240 e. The highest BCUT2D eigenvalue weighted by molar-refractivity contribution is 5.91. The number of rotatable bonds is 6. The summed E-state index contributed by atoms with van der Waals surface area (Å²) in [5.41, 5.74) is 3.43. The molecule has 0 saturated carbocycles. The molecule has 0 unspecified atom stereocenters. The minimum Gasteiger partial charge on any atom is -0.473 e. The van der Waals surface area contributed by atoms with Crippen molar-refractivity contribution in [3.63, 3.8) is 0 Å². The van der Waals surface area contributed by atoms with Gasteiger partial charge in [-0.25, -0.2) is 4.98 Å². The number of piperidine rings is 1. The van der Waals surface area contributed by atoms with Crippen molar-refractivity contribution in [2.75, 3.05) is 26.4 Å². The molecule has 0 spiro atoms. The van der Waals surface area contributed by atoms with Crippen molar-refractivity contribution < 1.29 is 19.4 Å². The summed E-state index contributed by atoms with van der Waals surface area (Å²) in [4.78, 5) is 32.1. The van der Waals surface area contributed by atoms with E-state index in [0.29, 0.717) is 31.9 Å². The molecule has 1 fully saturated rings. The summed E-state index contributed by atoms with van der Waals surface area (Å²) in [7, 11) is 0. The first kappa shape index (κ1) is 22.9. The molecule has 8 nitrogen and oxygen atoms in total. The van der Waals surface area contributed by atoms with Crippen LogP contribution >= 0.6 is 0 Å². The predicted octanol–water partition coefficient (Wildman–Crippen LogP) is 1.50. The van der Waals surface area contributed by atoms with Gasteiger partial charge in [0.2, 0.25) is 17.7 Å². The van der Waals surface area contributed by atoms with Crippen LogP contribution in [0.1, 0.15) is 24.0 Å². The van der Waals surface area contributed by atoms with E-state index in [1.54, 1.807) is 11.1 Å². The number of ether oxygens (including phenoxy) is 1. The summed E-state index contributed by atoms with van der Waals surface area (Å²) < 4.78 is 5.98. The van der Waals surface area contributed by atoms with Gasteiger partial charge in [0.15, 0.2) is 0 Å². The highest BCUT2D eigenvalue weighted by Gasteiger charge is 2.41. The van der Waals surface area contributed by atoms with Gasteiger partial charge in [0.1, 0.15) is 12.8 Å². The summed E-state index contributed by atoms with van der Waals surface area (Å²) in [5, 5.41) is 14.9. The zero-order chi connectivity index (χ0) is 23.2. The maximum atomic E-state index is 13.4. The first-order valence-electron chi connectivity index (χ1n) is 11.3. The third-order valence-electron chi connectivity index (χ3n) is 6.18. The number of nitrogens with zero attached hydrogens (tertiary/aromatic N) is 2. The van der Waals surface area contributed by atoms with E-state index in [2.05, 4.69) is 33.8 Å². The molecule has 1 aromatic carbocycles. The number of aliphatic hydroxyl groups excluding tert-OH is 1. The lowest BCUT2D eigenvalue weighted by molar-refractivity contribution is -0.141. The zero-order valence-corrected chi connectivity index (χ0v) is 18.7. The smallest absolute Gasteiger partial charge is 0.240 e. The molecule has 2 aliphatic heterocycles. The van der Waals surface area contributed by atoms with Gasteiger partial charge in [-0.2, -0.15) is 0 Å². The summed E-state index contributed by atoms with van der Waals surface area (Å²) in [6.45, 7) is 3.00. The molecule has 0 aliphatic carbocycles. The second-order valence-corrected chi connectivity index (χ2v) is 8.47. The second-order valence-electron chi connectivity index (χ2n) is 8.47. The number of nitrogens with one attached hydrogen (secondary N) is 2. The Balaban J connectivity index is 1.44. The van der Waals surface area contributed by atoms with Crippen LogP contribution in [0.25, 0.3) is 5.57 Å². The first-order valence-corrected chi connectivity index (χ1v) is 11.3. The molecule has 2 aromatic rings. The van der Waals surface area contributed by atoms with Crippen LogP contribution in [0.15, 0.2) is 54.7 Å². The molecule has 33 heavy (non-hydrogen) atoms. The molecule has 1 saturated heterocycles. The molecule has 0 bridgehead atoms. The molecule has 174 valence electrons. The van der Waals surface area contributed by atoms with Crippen molar-refractivity contribution in [3.8, 4) is 5.88 Å². The van der Waals surface area contributed by atoms with Crippen LogP contribution < -0.4 is 15.4 Å². The number of benzene rings is 1. The molecule has 3 N–H and O–H groups in total. The van der Waals surface area contributed by atoms with E-state index in [1.807, 2.05) is 37.3 Å². The summed E-state index contributed by atoms with van der Waals surface area (Å²) in [5.74, 6) is -0.648. The molecule has 2 aliphatic rings. The fourth-order valence-electron chi connectivity index (χ4n) is 4.44. The molecule has 3 atom stereocenters. The first-order chi connectivity index (χ1) is 16.0. The van der Waals surface area contributed by atoms with Crippen LogP contribution in [-0.2, 0) is 9.59 Å². The Morgan fingerprint density at radius 1 is 1.27 bits per heavy atom. The van der Waals surface area contributed by atoms with Crippen LogP contribution in [0.2, 0.25) is 0 Å². The molecule has 2 amide bonds. The molecule has 8 heteroatoms. The summed E-state index contributed by atoms with van der Waals surface area (Å²) >= 11 is 0. The van der Waals surface area contributed by atoms with Crippen molar-refractivity contribution in [1.82, 2.24) is 20.5 Å². The van der Waals surface area contributed by atoms with Crippen LogP contribution in [0.3, 0.4) is 0 Å². The Bertz CT molecular complexity index is 1010. The zero-order valence-electron chi connectivity index (χ0n) is 18.7. The van der Waals surface area contributed by atoms with E-state index in [9.17, 15) is 14.7 Å². The quantitative estimate of drug-likeness (QED) is 0.577. The van der Waals surface area contributed by atoms with E-state index < -0.39 is 18.7 Å². The molecular formula is C25H30N4O4. The molecule has 4 rings (SSSR count). The van der Waals surface area contributed by atoms with Gasteiger partial charge in [-0.1, -0.05) is 36.4 Å². The molecule has 3 heterocycles. The largest absolute Gasteiger partial charge is 0.473 e. The Labute approximate surface area is 193 Å². The standard InChI is InChI=1S/C25H30N4O4/c1-17-7-10-26-22(13-17)33-20-14-21(24(31)28-16-30)23(27-15-20)25(32)29-11-8-19(9-12-29)18-5-3-2-4-6-18/h2-8,10,13,20-21,23,27,30H,9,11-12,14-16H2,1H3,(H,28,31)/t20-,21-,23-/m0/s1.